The Balaban J connectivity index is 1.50. The number of rotatable bonds is 7. The van der Waals surface area contributed by atoms with Gasteiger partial charge in [0.15, 0.2) is 17.1 Å². The van der Waals surface area contributed by atoms with Crippen molar-refractivity contribution >= 4 is 16.9 Å². The lowest BCUT2D eigenvalue weighted by Crippen LogP contribution is -2.44. The molecular weight excluding hydrogens is 474 g/mol. The van der Waals surface area contributed by atoms with E-state index in [2.05, 4.69) is 19.2 Å². The highest BCUT2D eigenvalue weighted by Crippen LogP contribution is 2.43. The number of aryl methyl sites for hydroxylation is 1. The number of nitrogens with one attached hydrogen (secondary N) is 1. The highest BCUT2D eigenvalue weighted by molar-refractivity contribution is 5.91. The van der Waals surface area contributed by atoms with E-state index in [0.29, 0.717) is 46.6 Å². The zero-order valence-corrected chi connectivity index (χ0v) is 21.3. The Labute approximate surface area is 214 Å². The molecule has 0 fully saturated rings. The molecular formula is C28H31N3O6. The van der Waals surface area contributed by atoms with Crippen molar-refractivity contribution in [3.63, 3.8) is 0 Å². The number of esters is 1. The van der Waals surface area contributed by atoms with Crippen LogP contribution in [0.3, 0.4) is 0 Å². The number of carbonyl (C=O) groups excluding carboxylic acids is 1. The van der Waals surface area contributed by atoms with Crippen LogP contribution < -0.4 is 20.3 Å². The fourth-order valence-corrected chi connectivity index (χ4v) is 5.66. The summed E-state index contributed by atoms with van der Waals surface area (Å²) in [6.45, 7) is 7.33. The number of unbranched alkanes of at least 4 members (excludes halogenated alkanes) is 1. The number of pyridine rings is 2. The molecule has 0 saturated carbocycles. The lowest BCUT2D eigenvalue weighted by atomic mass is 9.86. The third kappa shape index (κ3) is 3.71. The summed E-state index contributed by atoms with van der Waals surface area (Å²) in [5.41, 5.74) is 2.77. The van der Waals surface area contributed by atoms with Gasteiger partial charge in [0.05, 0.1) is 29.0 Å². The van der Waals surface area contributed by atoms with E-state index >= 15 is 0 Å². The van der Waals surface area contributed by atoms with Crippen molar-refractivity contribution in [2.75, 3.05) is 13.3 Å². The number of nitrogens with zero attached hydrogens (tertiary/aromatic N) is 2. The van der Waals surface area contributed by atoms with Crippen molar-refractivity contribution in [1.82, 2.24) is 14.9 Å². The van der Waals surface area contributed by atoms with Gasteiger partial charge in [-0.05, 0) is 49.9 Å². The number of aromatic nitrogens is 2. The molecule has 0 spiro atoms. The summed E-state index contributed by atoms with van der Waals surface area (Å²) in [5.74, 6) is 0.625. The van der Waals surface area contributed by atoms with Crippen molar-refractivity contribution in [1.29, 1.82) is 0 Å². The van der Waals surface area contributed by atoms with E-state index < -0.39 is 11.6 Å². The molecule has 3 aliphatic heterocycles. The monoisotopic (exact) mass is 505 g/mol. The quantitative estimate of drug-likeness (QED) is 0.291. The third-order valence-corrected chi connectivity index (χ3v) is 7.71. The smallest absolute Gasteiger partial charge is 0.343 e. The number of cyclic esters (lactones) is 1. The van der Waals surface area contributed by atoms with Crippen LogP contribution in [0.2, 0.25) is 0 Å². The Morgan fingerprint density at radius 3 is 2.65 bits per heavy atom. The first kappa shape index (κ1) is 23.9. The van der Waals surface area contributed by atoms with Gasteiger partial charge in [0, 0.05) is 28.6 Å². The van der Waals surface area contributed by atoms with Crippen LogP contribution in [-0.2, 0) is 34.7 Å². The topological polar surface area (TPSA) is 112 Å². The lowest BCUT2D eigenvalue weighted by Gasteiger charge is -2.31. The molecule has 194 valence electrons. The standard InChI is InChI=1S/C28H31N3O6/c1-4-28(34)20-10-22-25-18(12-31(22)26(32)19(20)13-35-27(28)33)16(7-5-6-8-29-15(2)3)17-9-23-24(37-14-36-23)11-21(17)30-25/h9-11,15,29,34H,4-8,12-14H2,1-3H3/t28-/m0/s1. The number of fused-ring (bicyclic) bond motifs is 6. The van der Waals surface area contributed by atoms with Crippen LogP contribution in [0.5, 0.6) is 11.5 Å². The van der Waals surface area contributed by atoms with E-state index in [0.717, 1.165) is 47.8 Å². The first-order valence-corrected chi connectivity index (χ1v) is 13.0. The van der Waals surface area contributed by atoms with Gasteiger partial charge in [-0.2, -0.15) is 0 Å². The highest BCUT2D eigenvalue weighted by Gasteiger charge is 2.45. The fourth-order valence-electron chi connectivity index (χ4n) is 5.66. The SMILES string of the molecule is CC[C@@]1(O)C(=O)OCc2c1cc1n(c2=O)Cc2c-1nc1cc3c(cc1c2CCCCNC(C)C)OCO3. The maximum absolute atomic E-state index is 13.6. The Kier molecular flexibility index (Phi) is 5.72. The maximum atomic E-state index is 13.6. The van der Waals surface area contributed by atoms with Gasteiger partial charge in [-0.1, -0.05) is 20.8 Å². The molecule has 0 bridgehead atoms. The number of hydrogen-bond donors (Lipinski definition) is 2. The molecule has 0 radical (unpaired) electrons. The molecule has 0 amide bonds. The van der Waals surface area contributed by atoms with Crippen molar-refractivity contribution in [3.8, 4) is 22.9 Å². The van der Waals surface area contributed by atoms with Gasteiger partial charge < -0.3 is 29.2 Å². The number of hydrogen-bond acceptors (Lipinski definition) is 8. The molecule has 0 aliphatic carbocycles. The van der Waals surface area contributed by atoms with Gasteiger partial charge in [-0.25, -0.2) is 9.78 Å². The van der Waals surface area contributed by atoms with Crippen LogP contribution in [0, 0.1) is 0 Å². The van der Waals surface area contributed by atoms with Gasteiger partial charge in [0.2, 0.25) is 6.79 Å². The van der Waals surface area contributed by atoms with Gasteiger partial charge in [-0.3, -0.25) is 4.79 Å². The van der Waals surface area contributed by atoms with E-state index in [-0.39, 0.29) is 25.4 Å². The molecule has 0 unspecified atom stereocenters. The van der Waals surface area contributed by atoms with Crippen molar-refractivity contribution < 1.29 is 24.1 Å². The van der Waals surface area contributed by atoms with Crippen LogP contribution in [-0.4, -0.2) is 40.0 Å². The van der Waals surface area contributed by atoms with Gasteiger partial charge >= 0.3 is 5.97 Å². The Hall–Kier alpha value is -3.43. The second kappa shape index (κ2) is 8.85. The molecule has 9 heteroatoms. The molecule has 2 aromatic heterocycles. The first-order valence-electron chi connectivity index (χ1n) is 13.0. The fraction of sp³-hybridized carbons (Fsp3) is 0.464. The predicted molar refractivity (Wildman–Crippen MR) is 137 cm³/mol. The normalized spacial score (nSPS) is 19.2. The largest absolute Gasteiger partial charge is 0.458 e. The molecule has 9 nitrogen and oxygen atoms in total. The van der Waals surface area contributed by atoms with Crippen molar-refractivity contribution in [3.05, 3.63) is 50.8 Å². The maximum Gasteiger partial charge on any atom is 0.343 e. The van der Waals surface area contributed by atoms with Gasteiger partial charge in [-0.15, -0.1) is 0 Å². The first-order chi connectivity index (χ1) is 17.8. The molecule has 3 aliphatic rings. The second-order valence-corrected chi connectivity index (χ2v) is 10.3. The molecule has 6 rings (SSSR count). The predicted octanol–water partition coefficient (Wildman–Crippen LogP) is 3.13. The van der Waals surface area contributed by atoms with E-state index in [1.54, 1.807) is 17.6 Å². The van der Waals surface area contributed by atoms with Crippen LogP contribution in [0.15, 0.2) is 23.0 Å². The molecule has 1 aromatic carbocycles. The second-order valence-electron chi connectivity index (χ2n) is 10.3. The van der Waals surface area contributed by atoms with Crippen LogP contribution >= 0.6 is 0 Å². The van der Waals surface area contributed by atoms with Crippen LogP contribution in [0.4, 0.5) is 0 Å². The Bertz CT molecular complexity index is 1490. The van der Waals surface area contributed by atoms with Crippen molar-refractivity contribution in [2.45, 2.75) is 71.2 Å². The highest BCUT2D eigenvalue weighted by atomic mass is 16.7. The molecule has 0 saturated heterocycles. The summed E-state index contributed by atoms with van der Waals surface area (Å²) >= 11 is 0. The van der Waals surface area contributed by atoms with Crippen molar-refractivity contribution in [2.24, 2.45) is 0 Å². The minimum absolute atomic E-state index is 0.110. The summed E-state index contributed by atoms with van der Waals surface area (Å²) in [7, 11) is 0. The molecule has 2 N–H and O–H groups in total. The summed E-state index contributed by atoms with van der Waals surface area (Å²) in [4.78, 5) is 31.1. The summed E-state index contributed by atoms with van der Waals surface area (Å²) in [5, 5.41) is 15.6. The minimum Gasteiger partial charge on any atom is -0.458 e. The molecule has 1 atom stereocenters. The average Bonchev–Trinajstić information content (AvgIpc) is 3.49. The molecule has 5 heterocycles. The zero-order valence-electron chi connectivity index (χ0n) is 21.3. The van der Waals surface area contributed by atoms with Gasteiger partial charge in [0.1, 0.15) is 6.61 Å². The zero-order chi connectivity index (χ0) is 25.9. The summed E-state index contributed by atoms with van der Waals surface area (Å²) in [6.07, 6.45) is 2.92. The van der Waals surface area contributed by atoms with Gasteiger partial charge in [0.25, 0.3) is 5.56 Å². The number of aliphatic hydroxyl groups is 1. The number of carbonyl (C=O) groups is 1. The number of ether oxygens (including phenoxy) is 3. The Morgan fingerprint density at radius 2 is 1.89 bits per heavy atom. The summed E-state index contributed by atoms with van der Waals surface area (Å²) in [6, 6.07) is 6.08. The van der Waals surface area contributed by atoms with Crippen LogP contribution in [0.1, 0.15) is 62.3 Å². The van der Waals surface area contributed by atoms with E-state index in [9.17, 15) is 14.7 Å². The third-order valence-electron chi connectivity index (χ3n) is 7.71. The van der Waals surface area contributed by atoms with E-state index in [4.69, 9.17) is 19.2 Å². The number of benzene rings is 1. The summed E-state index contributed by atoms with van der Waals surface area (Å²) < 4.78 is 18.2. The minimum atomic E-state index is -1.85. The van der Waals surface area contributed by atoms with E-state index in [1.165, 1.54) is 0 Å². The average molecular weight is 506 g/mol. The van der Waals surface area contributed by atoms with E-state index in [1.807, 2.05) is 12.1 Å². The Morgan fingerprint density at radius 1 is 1.11 bits per heavy atom. The molecule has 3 aromatic rings. The molecule has 37 heavy (non-hydrogen) atoms. The van der Waals surface area contributed by atoms with Crippen LogP contribution in [0.25, 0.3) is 22.3 Å². The lowest BCUT2D eigenvalue weighted by molar-refractivity contribution is -0.172.